The Labute approximate surface area is 201 Å². The fraction of sp³-hybridized carbons (Fsp3) is 0.222. The molecule has 2 aliphatic rings. The molecular formula is C27H24N2O6. The van der Waals surface area contributed by atoms with Crippen LogP contribution in [0.4, 0.5) is 10.5 Å². The first-order valence-corrected chi connectivity index (χ1v) is 11.4. The van der Waals surface area contributed by atoms with Crippen molar-refractivity contribution in [3.8, 4) is 16.9 Å². The number of nitrogens with one attached hydrogen (secondary N) is 2. The van der Waals surface area contributed by atoms with Gasteiger partial charge in [-0.25, -0.2) is 9.59 Å². The molecule has 0 saturated heterocycles. The summed E-state index contributed by atoms with van der Waals surface area (Å²) in [5.41, 5.74) is 4.68. The number of hydrogen-bond donors (Lipinski definition) is 4. The molecule has 2 amide bonds. The Morgan fingerprint density at radius 1 is 0.943 bits per heavy atom. The lowest BCUT2D eigenvalue weighted by molar-refractivity contribution is -0.117. The molecule has 35 heavy (non-hydrogen) atoms. The second-order valence-corrected chi connectivity index (χ2v) is 8.84. The fourth-order valence-corrected chi connectivity index (χ4v) is 4.68. The summed E-state index contributed by atoms with van der Waals surface area (Å²) in [6, 6.07) is 20.1. The Bertz CT molecular complexity index is 1280. The van der Waals surface area contributed by atoms with Crippen LogP contribution in [0.1, 0.15) is 33.8 Å². The molecule has 0 radical (unpaired) electrons. The number of benzene rings is 3. The number of carboxylic acids is 1. The van der Waals surface area contributed by atoms with E-state index >= 15 is 0 Å². The fourth-order valence-electron chi connectivity index (χ4n) is 4.68. The lowest BCUT2D eigenvalue weighted by atomic mass is 9.98. The first-order valence-electron chi connectivity index (χ1n) is 11.4. The van der Waals surface area contributed by atoms with Crippen LogP contribution < -0.4 is 10.6 Å². The summed E-state index contributed by atoms with van der Waals surface area (Å²) in [6.45, 7) is 0.544. The Balaban J connectivity index is 1.10. The van der Waals surface area contributed by atoms with E-state index in [2.05, 4.69) is 34.9 Å². The largest absolute Gasteiger partial charge is 0.507 e. The van der Waals surface area contributed by atoms with Crippen molar-refractivity contribution in [1.29, 1.82) is 0 Å². The van der Waals surface area contributed by atoms with Crippen molar-refractivity contribution in [2.75, 3.05) is 18.5 Å². The minimum Gasteiger partial charge on any atom is -0.507 e. The van der Waals surface area contributed by atoms with Gasteiger partial charge < -0.3 is 25.6 Å². The Hall–Kier alpha value is -4.33. The van der Waals surface area contributed by atoms with Gasteiger partial charge in [0.25, 0.3) is 0 Å². The maximum Gasteiger partial charge on any atom is 0.407 e. The zero-order chi connectivity index (χ0) is 24.5. The van der Waals surface area contributed by atoms with E-state index in [0.717, 1.165) is 22.3 Å². The lowest BCUT2D eigenvalue weighted by Crippen LogP contribution is -2.29. The molecule has 0 heterocycles. The van der Waals surface area contributed by atoms with Crippen LogP contribution in [0.5, 0.6) is 5.75 Å². The molecule has 2 atom stereocenters. The van der Waals surface area contributed by atoms with Crippen molar-refractivity contribution in [1.82, 2.24) is 5.32 Å². The zero-order valence-corrected chi connectivity index (χ0v) is 18.7. The Kier molecular flexibility index (Phi) is 5.86. The predicted octanol–water partition coefficient (Wildman–Crippen LogP) is 4.20. The van der Waals surface area contributed by atoms with Crippen molar-refractivity contribution >= 4 is 23.7 Å². The average Bonchev–Trinajstić information content (AvgIpc) is 3.56. The van der Waals surface area contributed by atoms with Crippen molar-refractivity contribution in [3.05, 3.63) is 83.4 Å². The summed E-state index contributed by atoms with van der Waals surface area (Å²) in [5.74, 6) is -2.21. The van der Waals surface area contributed by atoms with Crippen LogP contribution in [0.3, 0.4) is 0 Å². The van der Waals surface area contributed by atoms with Gasteiger partial charge in [-0.1, -0.05) is 48.5 Å². The van der Waals surface area contributed by atoms with Gasteiger partial charge in [0.05, 0.1) is 0 Å². The predicted molar refractivity (Wildman–Crippen MR) is 128 cm³/mol. The van der Waals surface area contributed by atoms with E-state index in [1.165, 1.54) is 18.2 Å². The number of carbonyl (C=O) groups is 3. The number of hydrogen-bond acceptors (Lipinski definition) is 5. The molecule has 0 unspecified atom stereocenters. The molecule has 1 fully saturated rings. The zero-order valence-electron chi connectivity index (χ0n) is 18.7. The van der Waals surface area contributed by atoms with Gasteiger partial charge in [0.15, 0.2) is 0 Å². The van der Waals surface area contributed by atoms with Gasteiger partial charge in [0, 0.05) is 30.1 Å². The normalized spacial score (nSPS) is 17.7. The van der Waals surface area contributed by atoms with Gasteiger partial charge in [-0.3, -0.25) is 4.79 Å². The third kappa shape index (κ3) is 4.55. The van der Waals surface area contributed by atoms with Crippen LogP contribution in [0.2, 0.25) is 0 Å². The molecule has 8 heteroatoms. The summed E-state index contributed by atoms with van der Waals surface area (Å²) in [5, 5.41) is 24.2. The van der Waals surface area contributed by atoms with E-state index in [4.69, 9.17) is 9.84 Å². The van der Waals surface area contributed by atoms with E-state index in [-0.39, 0.29) is 35.8 Å². The number of phenols is 1. The quantitative estimate of drug-likeness (QED) is 0.408. The molecule has 0 aromatic heterocycles. The first kappa shape index (κ1) is 22.5. The van der Waals surface area contributed by atoms with Crippen molar-refractivity contribution in [2.24, 2.45) is 11.8 Å². The van der Waals surface area contributed by atoms with E-state index in [1.54, 1.807) is 0 Å². The molecule has 178 valence electrons. The van der Waals surface area contributed by atoms with Gasteiger partial charge in [-0.2, -0.15) is 0 Å². The number of carbonyl (C=O) groups excluding carboxylic acids is 2. The van der Waals surface area contributed by atoms with Gasteiger partial charge >= 0.3 is 12.1 Å². The highest BCUT2D eigenvalue weighted by atomic mass is 16.5. The molecule has 3 aromatic carbocycles. The number of rotatable bonds is 7. The van der Waals surface area contributed by atoms with Crippen LogP contribution in [0, 0.1) is 11.8 Å². The topological polar surface area (TPSA) is 125 Å². The molecule has 0 aliphatic heterocycles. The number of fused-ring (bicyclic) bond motifs is 3. The third-order valence-corrected chi connectivity index (χ3v) is 6.61. The summed E-state index contributed by atoms with van der Waals surface area (Å²) in [7, 11) is 0. The Morgan fingerprint density at radius 3 is 2.23 bits per heavy atom. The standard InChI is InChI=1S/C27H24N2O6/c30-24-12-16(9-10-21(24)26(32)33)29-25(31)22-11-15(22)13-28-27(34)35-14-23-19-7-3-1-5-17(19)18-6-2-4-8-20(18)23/h1-10,12,15,22-23,30H,11,13-14H2,(H,28,34)(H,29,31)(H,32,33)/t15-,22-/m0/s1. The number of alkyl carbamates (subject to hydrolysis) is 1. The molecule has 0 spiro atoms. The lowest BCUT2D eigenvalue weighted by Gasteiger charge is -2.14. The van der Waals surface area contributed by atoms with Crippen LogP contribution in [-0.4, -0.2) is 41.3 Å². The van der Waals surface area contributed by atoms with Gasteiger partial charge in [0.1, 0.15) is 17.9 Å². The molecule has 1 saturated carbocycles. The van der Waals surface area contributed by atoms with Crippen LogP contribution >= 0.6 is 0 Å². The SMILES string of the molecule is O=C(NC[C@@H]1C[C@@H]1C(=O)Nc1ccc(C(=O)O)c(O)c1)OCC1c2ccccc2-c2ccccc21. The first-order chi connectivity index (χ1) is 16.9. The van der Waals surface area contributed by atoms with Crippen molar-refractivity contribution < 1.29 is 29.3 Å². The minimum atomic E-state index is -1.25. The highest BCUT2D eigenvalue weighted by molar-refractivity contribution is 5.96. The van der Waals surface area contributed by atoms with E-state index in [9.17, 15) is 19.5 Å². The molecule has 8 nitrogen and oxygen atoms in total. The van der Waals surface area contributed by atoms with E-state index in [1.807, 2.05) is 24.3 Å². The smallest absolute Gasteiger partial charge is 0.407 e. The molecule has 2 aliphatic carbocycles. The summed E-state index contributed by atoms with van der Waals surface area (Å²) >= 11 is 0. The molecule has 4 N–H and O–H groups in total. The summed E-state index contributed by atoms with van der Waals surface area (Å²) in [4.78, 5) is 35.8. The van der Waals surface area contributed by atoms with Crippen LogP contribution in [0.15, 0.2) is 66.7 Å². The Morgan fingerprint density at radius 2 is 1.60 bits per heavy atom. The molecule has 5 rings (SSSR count). The highest BCUT2D eigenvalue weighted by Crippen LogP contribution is 2.44. The number of aromatic hydroxyl groups is 1. The highest BCUT2D eigenvalue weighted by Gasteiger charge is 2.43. The van der Waals surface area contributed by atoms with Gasteiger partial charge in [0.2, 0.25) is 5.91 Å². The van der Waals surface area contributed by atoms with E-state index in [0.29, 0.717) is 18.7 Å². The van der Waals surface area contributed by atoms with Crippen LogP contribution in [-0.2, 0) is 9.53 Å². The molecule has 0 bridgehead atoms. The third-order valence-electron chi connectivity index (χ3n) is 6.61. The number of aromatic carboxylic acids is 1. The van der Waals surface area contributed by atoms with Crippen molar-refractivity contribution in [3.63, 3.8) is 0 Å². The van der Waals surface area contributed by atoms with Gasteiger partial charge in [-0.05, 0) is 46.7 Å². The number of carboxylic acid groups (broad SMARTS) is 1. The monoisotopic (exact) mass is 472 g/mol. The molecule has 3 aromatic rings. The second-order valence-electron chi connectivity index (χ2n) is 8.84. The van der Waals surface area contributed by atoms with Gasteiger partial charge in [-0.15, -0.1) is 0 Å². The second kappa shape index (κ2) is 9.13. The summed E-state index contributed by atoms with van der Waals surface area (Å²) < 4.78 is 5.53. The number of ether oxygens (including phenoxy) is 1. The number of anilines is 1. The average molecular weight is 472 g/mol. The maximum absolute atomic E-state index is 12.4. The number of amides is 2. The van der Waals surface area contributed by atoms with E-state index < -0.39 is 17.8 Å². The van der Waals surface area contributed by atoms with Crippen molar-refractivity contribution in [2.45, 2.75) is 12.3 Å². The molecular weight excluding hydrogens is 448 g/mol. The summed E-state index contributed by atoms with van der Waals surface area (Å²) in [6.07, 6.45) is 0.0985. The van der Waals surface area contributed by atoms with Crippen LogP contribution in [0.25, 0.3) is 11.1 Å². The minimum absolute atomic E-state index is 0.0117. The maximum atomic E-state index is 12.4.